The van der Waals surface area contributed by atoms with Crippen LogP contribution in [0.25, 0.3) is 0 Å². The topological polar surface area (TPSA) is 64.8 Å². The van der Waals surface area contributed by atoms with E-state index >= 15 is 0 Å². The summed E-state index contributed by atoms with van der Waals surface area (Å²) in [5.41, 5.74) is 0.597. The van der Waals surface area contributed by atoms with E-state index in [1.54, 1.807) is 12.1 Å². The third-order valence-electron chi connectivity index (χ3n) is 3.13. The maximum atomic E-state index is 12.9. The van der Waals surface area contributed by atoms with Crippen LogP contribution in [-0.4, -0.2) is 25.6 Å². The Morgan fingerprint density at radius 3 is 2.35 bits per heavy atom. The Morgan fingerprint density at radius 1 is 1.20 bits per heavy atom. The molecule has 2 N–H and O–H groups in total. The molecule has 6 heteroatoms. The van der Waals surface area contributed by atoms with Gasteiger partial charge < -0.3 is 0 Å². The van der Waals surface area contributed by atoms with E-state index in [9.17, 15) is 9.18 Å². The number of aromatic amines is 2. The van der Waals surface area contributed by atoms with Crippen LogP contribution in [0.3, 0.4) is 0 Å². The van der Waals surface area contributed by atoms with Gasteiger partial charge in [0.1, 0.15) is 11.6 Å². The predicted molar refractivity (Wildman–Crippen MR) is 74.6 cm³/mol. The van der Waals surface area contributed by atoms with Gasteiger partial charge in [0.25, 0.3) is 0 Å². The smallest absolute Gasteiger partial charge is 0.292 e. The Labute approximate surface area is 116 Å². The lowest BCUT2D eigenvalue weighted by Gasteiger charge is -2.35. The zero-order valence-corrected chi connectivity index (χ0v) is 11.9. The van der Waals surface area contributed by atoms with Crippen LogP contribution in [0.15, 0.2) is 29.1 Å². The highest BCUT2D eigenvalue weighted by molar-refractivity contribution is 5.16. The number of aromatic nitrogens is 3. The van der Waals surface area contributed by atoms with Gasteiger partial charge in [0.05, 0.1) is 6.54 Å². The summed E-state index contributed by atoms with van der Waals surface area (Å²) in [4.78, 5) is 15.9. The summed E-state index contributed by atoms with van der Waals surface area (Å²) >= 11 is 0. The lowest BCUT2D eigenvalue weighted by Crippen LogP contribution is -2.40. The fourth-order valence-electron chi connectivity index (χ4n) is 1.90. The van der Waals surface area contributed by atoms with Gasteiger partial charge in [-0.2, -0.15) is 5.10 Å². The lowest BCUT2D eigenvalue weighted by atomic mass is 10.0. The molecule has 20 heavy (non-hydrogen) atoms. The number of H-pyrrole nitrogens is 2. The molecule has 0 bridgehead atoms. The molecule has 0 aliphatic carbocycles. The molecule has 0 aliphatic rings. The molecule has 0 spiro atoms. The van der Waals surface area contributed by atoms with Crippen molar-refractivity contribution < 1.29 is 4.39 Å². The number of nitrogens with one attached hydrogen (secondary N) is 2. The zero-order valence-electron chi connectivity index (χ0n) is 11.9. The van der Waals surface area contributed by atoms with Crippen molar-refractivity contribution in [3.63, 3.8) is 0 Å². The van der Waals surface area contributed by atoms with Gasteiger partial charge in [-0.1, -0.05) is 12.1 Å². The molecule has 0 saturated carbocycles. The van der Waals surface area contributed by atoms with Crippen LogP contribution in [0, 0.1) is 5.82 Å². The van der Waals surface area contributed by atoms with Crippen LogP contribution >= 0.6 is 0 Å². The number of hydrogen-bond donors (Lipinski definition) is 2. The number of hydrogen-bond acceptors (Lipinski definition) is 3. The van der Waals surface area contributed by atoms with E-state index in [2.05, 4.69) is 40.9 Å². The van der Waals surface area contributed by atoms with Crippen molar-refractivity contribution >= 4 is 0 Å². The molecule has 0 radical (unpaired) electrons. The molecule has 1 heterocycles. The molecule has 0 atom stereocenters. The van der Waals surface area contributed by atoms with Gasteiger partial charge in [0, 0.05) is 12.1 Å². The first-order chi connectivity index (χ1) is 9.34. The van der Waals surface area contributed by atoms with E-state index < -0.39 is 0 Å². The average Bonchev–Trinajstić information content (AvgIpc) is 2.76. The summed E-state index contributed by atoms with van der Waals surface area (Å²) in [6, 6.07) is 6.43. The molecular weight excluding hydrogens is 259 g/mol. The van der Waals surface area contributed by atoms with E-state index in [1.165, 1.54) is 12.1 Å². The maximum Gasteiger partial charge on any atom is 0.340 e. The first-order valence-corrected chi connectivity index (χ1v) is 6.47. The maximum absolute atomic E-state index is 12.9. The molecule has 108 valence electrons. The van der Waals surface area contributed by atoms with Gasteiger partial charge in [-0.05, 0) is 38.5 Å². The van der Waals surface area contributed by atoms with Gasteiger partial charge >= 0.3 is 5.69 Å². The third kappa shape index (κ3) is 3.77. The van der Waals surface area contributed by atoms with Gasteiger partial charge in [-0.15, -0.1) is 0 Å². The van der Waals surface area contributed by atoms with Crippen LogP contribution in [0.4, 0.5) is 4.39 Å². The highest BCUT2D eigenvalue weighted by atomic mass is 19.1. The minimum Gasteiger partial charge on any atom is -0.292 e. The van der Waals surface area contributed by atoms with Crippen molar-refractivity contribution in [1.82, 2.24) is 20.1 Å². The van der Waals surface area contributed by atoms with Gasteiger partial charge in [-0.25, -0.2) is 14.3 Å². The van der Waals surface area contributed by atoms with E-state index in [4.69, 9.17) is 0 Å². The number of rotatable bonds is 4. The van der Waals surface area contributed by atoms with Gasteiger partial charge in [-0.3, -0.25) is 9.88 Å². The largest absolute Gasteiger partial charge is 0.340 e. The van der Waals surface area contributed by atoms with E-state index in [-0.39, 0.29) is 17.0 Å². The summed E-state index contributed by atoms with van der Waals surface area (Å²) in [5, 5.41) is 6.29. The van der Waals surface area contributed by atoms with E-state index in [1.807, 2.05) is 0 Å². The Morgan fingerprint density at radius 2 is 1.85 bits per heavy atom. The van der Waals surface area contributed by atoms with Crippen LogP contribution in [-0.2, 0) is 13.1 Å². The Kier molecular flexibility index (Phi) is 4.04. The van der Waals surface area contributed by atoms with Crippen LogP contribution in [0.5, 0.6) is 0 Å². The summed E-state index contributed by atoms with van der Waals surface area (Å²) in [5.74, 6) is 0.347. The SMILES string of the molecule is CC(C)(C)N(Cc1ccc(F)cc1)Cc1n[nH]c(=O)[nH]1. The molecule has 0 amide bonds. The average molecular weight is 278 g/mol. The molecule has 2 aromatic rings. The monoisotopic (exact) mass is 278 g/mol. The van der Waals surface area contributed by atoms with Crippen LogP contribution < -0.4 is 5.69 Å². The Balaban J connectivity index is 2.15. The molecule has 0 saturated heterocycles. The second-order valence-corrected chi connectivity index (χ2v) is 5.78. The second-order valence-electron chi connectivity index (χ2n) is 5.78. The number of benzene rings is 1. The van der Waals surface area contributed by atoms with Gasteiger partial charge in [0.2, 0.25) is 0 Å². The summed E-state index contributed by atoms with van der Waals surface area (Å²) in [6.45, 7) is 7.42. The molecule has 1 aromatic heterocycles. The van der Waals surface area contributed by atoms with Crippen molar-refractivity contribution in [3.8, 4) is 0 Å². The van der Waals surface area contributed by atoms with Crippen LogP contribution in [0.1, 0.15) is 32.2 Å². The summed E-state index contributed by atoms with van der Waals surface area (Å²) < 4.78 is 12.9. The predicted octanol–water partition coefficient (Wildman–Crippen LogP) is 2.04. The molecule has 5 nitrogen and oxygen atoms in total. The highest BCUT2D eigenvalue weighted by Gasteiger charge is 2.22. The fraction of sp³-hybridized carbons (Fsp3) is 0.429. The first kappa shape index (κ1) is 14.5. The molecule has 0 aliphatic heterocycles. The standard InChI is InChI=1S/C14H19FN4O/c1-14(2,3)19(9-12-16-13(20)18-17-12)8-10-4-6-11(15)7-5-10/h4-7H,8-9H2,1-3H3,(H2,16,17,18,20). The molecular formula is C14H19FN4O. The quantitative estimate of drug-likeness (QED) is 0.899. The third-order valence-corrected chi connectivity index (χ3v) is 3.13. The minimum absolute atomic E-state index is 0.107. The molecule has 0 unspecified atom stereocenters. The Bertz CT molecular complexity index is 609. The highest BCUT2D eigenvalue weighted by Crippen LogP contribution is 2.19. The normalized spacial score (nSPS) is 12.1. The fourth-order valence-corrected chi connectivity index (χ4v) is 1.90. The lowest BCUT2D eigenvalue weighted by molar-refractivity contribution is 0.115. The number of nitrogens with zero attached hydrogens (tertiary/aromatic N) is 2. The molecule has 2 rings (SSSR count). The van der Waals surface area contributed by atoms with Crippen molar-refractivity contribution in [2.75, 3.05) is 0 Å². The van der Waals surface area contributed by atoms with Crippen molar-refractivity contribution in [2.24, 2.45) is 0 Å². The van der Waals surface area contributed by atoms with Crippen molar-refractivity contribution in [1.29, 1.82) is 0 Å². The van der Waals surface area contributed by atoms with Crippen molar-refractivity contribution in [2.45, 2.75) is 39.4 Å². The molecule has 0 fully saturated rings. The summed E-state index contributed by atoms with van der Waals surface area (Å²) in [7, 11) is 0. The zero-order chi connectivity index (χ0) is 14.8. The minimum atomic E-state index is -0.310. The first-order valence-electron chi connectivity index (χ1n) is 6.47. The van der Waals surface area contributed by atoms with E-state index in [0.717, 1.165) is 5.56 Å². The number of halogens is 1. The Hall–Kier alpha value is -1.95. The van der Waals surface area contributed by atoms with E-state index in [0.29, 0.717) is 18.9 Å². The molecule has 1 aromatic carbocycles. The van der Waals surface area contributed by atoms with Crippen molar-refractivity contribution in [3.05, 3.63) is 52.0 Å². The van der Waals surface area contributed by atoms with Crippen LogP contribution in [0.2, 0.25) is 0 Å². The summed E-state index contributed by atoms with van der Waals surface area (Å²) in [6.07, 6.45) is 0. The second kappa shape index (κ2) is 5.58. The van der Waals surface area contributed by atoms with Gasteiger partial charge in [0.15, 0.2) is 0 Å².